The zero-order chi connectivity index (χ0) is 19.4. The lowest BCUT2D eigenvalue weighted by Gasteiger charge is -2.15. The fourth-order valence-corrected chi connectivity index (χ4v) is 3.30. The zero-order valence-corrected chi connectivity index (χ0v) is 15.4. The Morgan fingerprint density at radius 1 is 1.22 bits per heavy atom. The van der Waals surface area contributed by atoms with Crippen molar-refractivity contribution in [1.29, 1.82) is 0 Å². The Labute approximate surface area is 158 Å². The molecule has 0 atom stereocenters. The maximum atomic E-state index is 12.7. The van der Waals surface area contributed by atoms with Gasteiger partial charge < -0.3 is 5.73 Å². The van der Waals surface area contributed by atoms with Gasteiger partial charge in [-0.2, -0.15) is 5.10 Å². The summed E-state index contributed by atoms with van der Waals surface area (Å²) >= 11 is 1.11. The van der Waals surface area contributed by atoms with E-state index in [1.165, 1.54) is 10.9 Å². The summed E-state index contributed by atoms with van der Waals surface area (Å²) < 4.78 is 2.28. The third-order valence-corrected chi connectivity index (χ3v) is 4.86. The lowest BCUT2D eigenvalue weighted by Crippen LogP contribution is -2.44. The number of hydrogen-bond acceptors (Lipinski definition) is 7. The molecular weight excluding hydrogens is 368 g/mol. The van der Waals surface area contributed by atoms with Crippen molar-refractivity contribution in [2.45, 2.75) is 25.2 Å². The molecule has 10 heteroatoms. The molecule has 9 nitrogen and oxygen atoms in total. The number of nitrogens with zero attached hydrogens (tertiary/aromatic N) is 4. The summed E-state index contributed by atoms with van der Waals surface area (Å²) in [6.45, 7) is 1.98. The number of aromatic amines is 1. The number of nitrogens with one attached hydrogen (secondary N) is 1. The lowest BCUT2D eigenvalue weighted by atomic mass is 10.2. The number of nitrogen functional groups attached to an aromatic ring is 1. The largest absolute Gasteiger partial charge is 0.384 e. The highest BCUT2D eigenvalue weighted by atomic mass is 32.2. The summed E-state index contributed by atoms with van der Waals surface area (Å²) in [5, 5.41) is 6.79. The van der Waals surface area contributed by atoms with Gasteiger partial charge in [0.2, 0.25) is 0 Å². The Balaban J connectivity index is 2.02. The van der Waals surface area contributed by atoms with E-state index in [2.05, 4.69) is 15.2 Å². The summed E-state index contributed by atoms with van der Waals surface area (Å²) in [5.41, 5.74) is 5.53. The average Bonchev–Trinajstić information content (AvgIpc) is 3.18. The van der Waals surface area contributed by atoms with Crippen molar-refractivity contribution in [1.82, 2.24) is 24.3 Å². The molecule has 0 unspecified atom stereocenters. The van der Waals surface area contributed by atoms with Crippen molar-refractivity contribution in [2.24, 2.45) is 0 Å². The average molecular weight is 386 g/mol. The van der Waals surface area contributed by atoms with Gasteiger partial charge in [0.25, 0.3) is 5.56 Å². The number of H-pyrrole nitrogens is 1. The fraction of sp³-hybridized carbons (Fsp3) is 0.235. The molecule has 0 aliphatic carbocycles. The van der Waals surface area contributed by atoms with Crippen LogP contribution in [0.5, 0.6) is 0 Å². The van der Waals surface area contributed by atoms with Crippen LogP contribution in [-0.2, 0) is 13.1 Å². The molecule has 3 N–H and O–H groups in total. The Bertz CT molecular complexity index is 1060. The summed E-state index contributed by atoms with van der Waals surface area (Å²) in [6, 6.07) is 9.22. The Kier molecular flexibility index (Phi) is 5.55. The van der Waals surface area contributed by atoms with Gasteiger partial charge in [0.1, 0.15) is 17.7 Å². The van der Waals surface area contributed by atoms with Gasteiger partial charge in [0, 0.05) is 6.54 Å². The first-order valence-corrected chi connectivity index (χ1v) is 9.19. The molecule has 0 radical (unpaired) electrons. The zero-order valence-electron chi connectivity index (χ0n) is 14.6. The molecule has 1 aromatic carbocycles. The van der Waals surface area contributed by atoms with Gasteiger partial charge in [-0.25, -0.2) is 9.78 Å². The van der Waals surface area contributed by atoms with Crippen molar-refractivity contribution in [2.75, 3.05) is 11.5 Å². The molecule has 0 fully saturated rings. The van der Waals surface area contributed by atoms with Gasteiger partial charge in [-0.05, 0) is 12.5 Å². The van der Waals surface area contributed by atoms with Gasteiger partial charge in [-0.15, -0.1) is 0 Å². The van der Waals surface area contributed by atoms with Crippen LogP contribution >= 0.6 is 11.8 Å². The number of nitrogens with two attached hydrogens (primary N) is 1. The number of ketones is 1. The second-order valence-corrected chi connectivity index (χ2v) is 6.63. The van der Waals surface area contributed by atoms with Crippen molar-refractivity contribution >= 4 is 23.4 Å². The molecular formula is C17H18N6O3S. The number of anilines is 1. The molecule has 3 aromatic rings. The van der Waals surface area contributed by atoms with Crippen molar-refractivity contribution < 1.29 is 4.79 Å². The topological polar surface area (TPSA) is 129 Å². The predicted molar refractivity (Wildman–Crippen MR) is 102 cm³/mol. The van der Waals surface area contributed by atoms with E-state index >= 15 is 0 Å². The number of benzene rings is 1. The minimum Gasteiger partial charge on any atom is -0.384 e. The molecule has 3 rings (SSSR count). The van der Waals surface area contributed by atoms with E-state index in [1.54, 1.807) is 6.92 Å². The van der Waals surface area contributed by atoms with Crippen molar-refractivity contribution in [3.05, 3.63) is 68.6 Å². The lowest BCUT2D eigenvalue weighted by molar-refractivity contribution is 0.102. The highest BCUT2D eigenvalue weighted by molar-refractivity contribution is 7.99. The molecule has 0 bridgehead atoms. The number of hydrogen-bond donors (Lipinski definition) is 2. The third kappa shape index (κ3) is 3.85. The normalized spacial score (nSPS) is 10.9. The van der Waals surface area contributed by atoms with Gasteiger partial charge in [0.05, 0.1) is 12.3 Å². The van der Waals surface area contributed by atoms with Crippen LogP contribution in [0.1, 0.15) is 22.8 Å². The fourth-order valence-electron chi connectivity index (χ4n) is 2.64. The second kappa shape index (κ2) is 8.04. The van der Waals surface area contributed by atoms with Crippen LogP contribution in [0.25, 0.3) is 0 Å². The number of thioether (sulfide) groups is 1. The first-order chi connectivity index (χ1) is 13.0. The molecule has 0 aliphatic heterocycles. The standard InChI is InChI=1S/C17H18N6O3S/c1-2-22-15(25)13(12(24)9-27-16-19-10-20-21-16)14(18)23(17(22)26)8-11-6-4-3-5-7-11/h3-7,10H,2,8-9,18H2,1H3,(H,19,20,21). The van der Waals surface area contributed by atoms with E-state index < -0.39 is 17.0 Å². The molecule has 27 heavy (non-hydrogen) atoms. The van der Waals surface area contributed by atoms with Crippen molar-refractivity contribution in [3.8, 4) is 0 Å². The number of carbonyl (C=O) groups is 1. The number of carbonyl (C=O) groups excluding carboxylic acids is 1. The van der Waals surface area contributed by atoms with E-state index in [9.17, 15) is 14.4 Å². The van der Waals surface area contributed by atoms with E-state index in [0.29, 0.717) is 5.16 Å². The van der Waals surface area contributed by atoms with E-state index in [0.717, 1.165) is 21.9 Å². The number of aromatic nitrogens is 5. The maximum absolute atomic E-state index is 12.7. The van der Waals surface area contributed by atoms with Crippen LogP contribution in [0.2, 0.25) is 0 Å². The van der Waals surface area contributed by atoms with Crippen LogP contribution in [-0.4, -0.2) is 35.9 Å². The van der Waals surface area contributed by atoms with Gasteiger partial charge in [0.15, 0.2) is 10.9 Å². The van der Waals surface area contributed by atoms with Gasteiger partial charge >= 0.3 is 5.69 Å². The predicted octanol–water partition coefficient (Wildman–Crippen LogP) is 0.753. The molecule has 2 aromatic heterocycles. The summed E-state index contributed by atoms with van der Waals surface area (Å²) in [6.07, 6.45) is 1.32. The van der Waals surface area contributed by atoms with Gasteiger partial charge in [-0.1, -0.05) is 42.1 Å². The Morgan fingerprint density at radius 2 is 1.96 bits per heavy atom. The molecule has 0 saturated heterocycles. The summed E-state index contributed by atoms with van der Waals surface area (Å²) in [4.78, 5) is 41.9. The van der Waals surface area contributed by atoms with Crippen LogP contribution < -0.4 is 17.0 Å². The SMILES string of the molecule is CCn1c(=O)c(C(=O)CSc2ncn[nH]2)c(N)n(Cc2ccccc2)c1=O. The van der Waals surface area contributed by atoms with Crippen LogP contribution in [0.15, 0.2) is 51.4 Å². The van der Waals surface area contributed by atoms with Gasteiger partial charge in [-0.3, -0.25) is 23.8 Å². The van der Waals surface area contributed by atoms with Crippen molar-refractivity contribution in [3.63, 3.8) is 0 Å². The monoisotopic (exact) mass is 386 g/mol. The maximum Gasteiger partial charge on any atom is 0.332 e. The molecule has 0 aliphatic rings. The van der Waals surface area contributed by atoms with Crippen LogP contribution in [0.3, 0.4) is 0 Å². The van der Waals surface area contributed by atoms with E-state index in [-0.39, 0.29) is 30.2 Å². The van der Waals surface area contributed by atoms with Crippen LogP contribution in [0.4, 0.5) is 5.82 Å². The summed E-state index contributed by atoms with van der Waals surface area (Å²) in [7, 11) is 0. The summed E-state index contributed by atoms with van der Waals surface area (Å²) in [5.74, 6) is -0.647. The first kappa shape index (κ1) is 18.6. The van der Waals surface area contributed by atoms with E-state index in [1.807, 2.05) is 30.3 Å². The minimum atomic E-state index is -0.674. The first-order valence-electron chi connectivity index (χ1n) is 8.21. The number of rotatable bonds is 7. The molecule has 0 saturated carbocycles. The molecule has 0 spiro atoms. The Morgan fingerprint density at radius 3 is 2.59 bits per heavy atom. The Hall–Kier alpha value is -3.14. The minimum absolute atomic E-state index is 0.0537. The molecule has 0 amide bonds. The van der Waals surface area contributed by atoms with Crippen LogP contribution in [0, 0.1) is 0 Å². The number of Topliss-reactive ketones (excluding diaryl/α,β-unsaturated/α-hetero) is 1. The highest BCUT2D eigenvalue weighted by Crippen LogP contribution is 2.15. The second-order valence-electron chi connectivity index (χ2n) is 5.67. The highest BCUT2D eigenvalue weighted by Gasteiger charge is 2.22. The van der Waals surface area contributed by atoms with E-state index in [4.69, 9.17) is 5.73 Å². The molecule has 140 valence electrons. The smallest absolute Gasteiger partial charge is 0.332 e. The quantitative estimate of drug-likeness (QED) is 0.453. The third-order valence-electron chi connectivity index (χ3n) is 3.98. The molecule has 2 heterocycles.